The van der Waals surface area contributed by atoms with Crippen molar-refractivity contribution in [1.29, 1.82) is 0 Å². The number of hydrogen-bond acceptors (Lipinski definition) is 4. The second kappa shape index (κ2) is 5.08. The van der Waals surface area contributed by atoms with Crippen LogP contribution in [-0.2, 0) is 23.0 Å². The average molecular weight is 326 g/mol. The number of rotatable bonds is 2. The van der Waals surface area contributed by atoms with Crippen molar-refractivity contribution < 1.29 is 12.8 Å². The molecule has 0 saturated carbocycles. The van der Waals surface area contributed by atoms with Gasteiger partial charge >= 0.3 is 0 Å². The van der Waals surface area contributed by atoms with Gasteiger partial charge in [-0.05, 0) is 48.1 Å². The maximum absolute atomic E-state index is 13.6. The number of aryl methyl sites for hydroxylation is 1. The van der Waals surface area contributed by atoms with Crippen molar-refractivity contribution in [2.75, 3.05) is 12.3 Å². The quantitative estimate of drug-likeness (QED) is 0.863. The van der Waals surface area contributed by atoms with Crippen LogP contribution in [0.4, 0.5) is 10.1 Å². The van der Waals surface area contributed by atoms with Gasteiger partial charge < -0.3 is 5.73 Å². The maximum atomic E-state index is 13.6. The molecular weight excluding hydrogens is 311 g/mol. The Kier molecular flexibility index (Phi) is 3.51. The Balaban J connectivity index is 1.98. The molecular formula is C14H15FN2O2S2. The van der Waals surface area contributed by atoms with Crippen LogP contribution in [-0.4, -0.2) is 19.3 Å². The highest BCUT2D eigenvalue weighted by Gasteiger charge is 2.29. The molecule has 0 radical (unpaired) electrons. The molecule has 0 atom stereocenters. The fourth-order valence-corrected chi connectivity index (χ4v) is 4.92. The van der Waals surface area contributed by atoms with Crippen LogP contribution in [0.25, 0.3) is 0 Å². The smallest absolute Gasteiger partial charge is 0.243 e. The normalized spacial score (nSPS) is 15.9. The van der Waals surface area contributed by atoms with E-state index in [-0.39, 0.29) is 16.1 Å². The Morgan fingerprint density at radius 2 is 2.14 bits per heavy atom. The molecule has 3 rings (SSSR count). The lowest BCUT2D eigenvalue weighted by molar-refractivity contribution is 0.394. The summed E-state index contributed by atoms with van der Waals surface area (Å²) in [6.07, 6.45) is 0.710. The molecule has 0 bridgehead atoms. The third kappa shape index (κ3) is 2.45. The number of anilines is 1. The minimum absolute atomic E-state index is 0.0533. The summed E-state index contributed by atoms with van der Waals surface area (Å²) >= 11 is 1.65. The van der Waals surface area contributed by atoms with E-state index < -0.39 is 15.8 Å². The molecule has 1 aromatic heterocycles. The van der Waals surface area contributed by atoms with Crippen LogP contribution >= 0.6 is 11.3 Å². The zero-order valence-electron chi connectivity index (χ0n) is 11.5. The zero-order chi connectivity index (χ0) is 15.2. The van der Waals surface area contributed by atoms with Crippen LogP contribution in [0, 0.1) is 12.7 Å². The Bertz CT molecular complexity index is 776. The first-order valence-electron chi connectivity index (χ1n) is 6.50. The first-order valence-corrected chi connectivity index (χ1v) is 8.82. The van der Waals surface area contributed by atoms with E-state index in [1.165, 1.54) is 28.2 Å². The first-order chi connectivity index (χ1) is 9.89. The number of nitrogen functional groups attached to an aromatic ring is 1. The predicted octanol–water partition coefficient (Wildman–Crippen LogP) is 2.52. The lowest BCUT2D eigenvalue weighted by atomic mass is 10.1. The molecule has 1 aliphatic heterocycles. The molecule has 7 heteroatoms. The standard InChI is InChI=1S/C14H15FN2O2S2/c1-9-6-11(7-12(16)14(9)15)21(18,19)17-4-2-13-10(8-17)3-5-20-13/h3,5-7H,2,4,8,16H2,1H3. The van der Waals surface area contributed by atoms with E-state index >= 15 is 0 Å². The van der Waals surface area contributed by atoms with Gasteiger partial charge in [-0.2, -0.15) is 4.31 Å². The number of fused-ring (bicyclic) bond motifs is 1. The van der Waals surface area contributed by atoms with E-state index in [0.29, 0.717) is 19.5 Å². The zero-order valence-corrected chi connectivity index (χ0v) is 13.1. The summed E-state index contributed by atoms with van der Waals surface area (Å²) in [4.78, 5) is 1.29. The molecule has 0 aliphatic carbocycles. The number of sulfonamides is 1. The highest BCUT2D eigenvalue weighted by molar-refractivity contribution is 7.89. The number of nitrogens with zero attached hydrogens (tertiary/aromatic N) is 1. The Morgan fingerprint density at radius 1 is 1.38 bits per heavy atom. The lowest BCUT2D eigenvalue weighted by Crippen LogP contribution is -2.35. The summed E-state index contributed by atoms with van der Waals surface area (Å²) in [5.74, 6) is -0.562. The van der Waals surface area contributed by atoms with Crippen molar-refractivity contribution in [1.82, 2.24) is 4.31 Å². The van der Waals surface area contributed by atoms with Gasteiger partial charge in [0.05, 0.1) is 10.6 Å². The minimum Gasteiger partial charge on any atom is -0.396 e. The van der Waals surface area contributed by atoms with Gasteiger partial charge in [0.25, 0.3) is 0 Å². The third-order valence-electron chi connectivity index (χ3n) is 3.67. The van der Waals surface area contributed by atoms with Crippen molar-refractivity contribution in [2.24, 2.45) is 0 Å². The predicted molar refractivity (Wildman–Crippen MR) is 81.2 cm³/mol. The third-order valence-corrected chi connectivity index (χ3v) is 6.51. The van der Waals surface area contributed by atoms with Gasteiger partial charge in [0, 0.05) is 18.0 Å². The second-order valence-corrected chi connectivity index (χ2v) is 8.04. The van der Waals surface area contributed by atoms with Gasteiger partial charge in [-0.25, -0.2) is 12.8 Å². The number of thiophene rings is 1. The van der Waals surface area contributed by atoms with Crippen LogP contribution in [0.2, 0.25) is 0 Å². The van der Waals surface area contributed by atoms with Gasteiger partial charge in [0.1, 0.15) is 5.82 Å². The molecule has 2 N–H and O–H groups in total. The summed E-state index contributed by atoms with van der Waals surface area (Å²) in [6, 6.07) is 4.48. The van der Waals surface area contributed by atoms with Crippen molar-refractivity contribution in [3.8, 4) is 0 Å². The topological polar surface area (TPSA) is 63.4 Å². The van der Waals surface area contributed by atoms with E-state index in [9.17, 15) is 12.8 Å². The number of halogens is 1. The summed E-state index contributed by atoms with van der Waals surface area (Å²) in [5, 5.41) is 1.97. The fraction of sp³-hybridized carbons (Fsp3) is 0.286. The van der Waals surface area contributed by atoms with Crippen molar-refractivity contribution in [3.05, 3.63) is 45.4 Å². The van der Waals surface area contributed by atoms with Gasteiger partial charge in [-0.15, -0.1) is 11.3 Å². The van der Waals surface area contributed by atoms with E-state index in [4.69, 9.17) is 5.73 Å². The van der Waals surface area contributed by atoms with E-state index in [1.54, 1.807) is 11.3 Å². The molecule has 112 valence electrons. The fourth-order valence-electron chi connectivity index (χ4n) is 2.49. The average Bonchev–Trinajstić information content (AvgIpc) is 2.91. The van der Waals surface area contributed by atoms with E-state index in [0.717, 1.165) is 5.56 Å². The van der Waals surface area contributed by atoms with Crippen LogP contribution in [0.15, 0.2) is 28.5 Å². The monoisotopic (exact) mass is 326 g/mol. The number of nitrogens with two attached hydrogens (primary N) is 1. The molecule has 1 aromatic carbocycles. The molecule has 0 unspecified atom stereocenters. The molecule has 2 aromatic rings. The summed E-state index contributed by atoms with van der Waals surface area (Å²) in [5.41, 5.74) is 6.70. The number of hydrogen-bond donors (Lipinski definition) is 1. The first kappa shape index (κ1) is 14.5. The lowest BCUT2D eigenvalue weighted by Gasteiger charge is -2.26. The minimum atomic E-state index is -3.65. The van der Waals surface area contributed by atoms with Gasteiger partial charge in [-0.3, -0.25) is 0 Å². The number of benzene rings is 1. The van der Waals surface area contributed by atoms with Crippen LogP contribution in [0.3, 0.4) is 0 Å². The summed E-state index contributed by atoms with van der Waals surface area (Å²) in [6.45, 7) is 2.31. The van der Waals surface area contributed by atoms with Crippen molar-refractivity contribution >= 4 is 27.0 Å². The highest BCUT2D eigenvalue weighted by atomic mass is 32.2. The molecule has 21 heavy (non-hydrogen) atoms. The Hall–Kier alpha value is -1.44. The Morgan fingerprint density at radius 3 is 2.86 bits per heavy atom. The van der Waals surface area contributed by atoms with Crippen molar-refractivity contribution in [3.63, 3.8) is 0 Å². The van der Waals surface area contributed by atoms with Gasteiger partial charge in [0.15, 0.2) is 0 Å². The van der Waals surface area contributed by atoms with Crippen LogP contribution in [0.1, 0.15) is 16.0 Å². The largest absolute Gasteiger partial charge is 0.396 e. The highest BCUT2D eigenvalue weighted by Crippen LogP contribution is 2.29. The molecule has 1 aliphatic rings. The molecule has 0 spiro atoms. The van der Waals surface area contributed by atoms with Gasteiger partial charge in [-0.1, -0.05) is 0 Å². The molecule has 0 amide bonds. The SMILES string of the molecule is Cc1cc(S(=O)(=O)N2CCc3sccc3C2)cc(N)c1F. The van der Waals surface area contributed by atoms with E-state index in [1.807, 2.05) is 11.4 Å². The summed E-state index contributed by atoms with van der Waals surface area (Å²) in [7, 11) is -3.65. The molecule has 4 nitrogen and oxygen atoms in total. The van der Waals surface area contributed by atoms with Gasteiger partial charge in [0.2, 0.25) is 10.0 Å². The second-order valence-electron chi connectivity index (χ2n) is 5.10. The molecule has 2 heterocycles. The van der Waals surface area contributed by atoms with Crippen LogP contribution < -0.4 is 5.73 Å². The molecule has 0 fully saturated rings. The summed E-state index contributed by atoms with van der Waals surface area (Å²) < 4.78 is 40.4. The molecule has 0 saturated heterocycles. The van der Waals surface area contributed by atoms with E-state index in [2.05, 4.69) is 0 Å². The van der Waals surface area contributed by atoms with Crippen molar-refractivity contribution in [2.45, 2.75) is 24.8 Å². The Labute approximate surface area is 127 Å². The maximum Gasteiger partial charge on any atom is 0.243 e. The van der Waals surface area contributed by atoms with Crippen LogP contribution in [0.5, 0.6) is 0 Å².